The standard InChI is InChI=1S/C11H19N3OS/c1-7-10(12)13-16-11(7)14-5-3-9(4-6-14)8(2)15/h8-9,15H,3-6H2,1-2H3,(H2,12,13). The number of hydrogen-bond acceptors (Lipinski definition) is 5. The predicted molar refractivity (Wildman–Crippen MR) is 67.9 cm³/mol. The van der Waals surface area contributed by atoms with E-state index in [1.165, 1.54) is 16.5 Å². The second-order valence-electron chi connectivity index (χ2n) is 4.56. The molecule has 16 heavy (non-hydrogen) atoms. The fourth-order valence-corrected chi connectivity index (χ4v) is 3.08. The van der Waals surface area contributed by atoms with Crippen LogP contribution in [0, 0.1) is 12.8 Å². The number of nitrogen functional groups attached to an aromatic ring is 1. The van der Waals surface area contributed by atoms with Gasteiger partial charge in [0.2, 0.25) is 0 Å². The lowest BCUT2D eigenvalue weighted by atomic mass is 9.92. The van der Waals surface area contributed by atoms with Crippen LogP contribution in [0.2, 0.25) is 0 Å². The summed E-state index contributed by atoms with van der Waals surface area (Å²) in [5.41, 5.74) is 6.85. The Balaban J connectivity index is 2.02. The van der Waals surface area contributed by atoms with Crippen molar-refractivity contribution in [3.8, 4) is 0 Å². The molecule has 1 aliphatic rings. The molecule has 0 aromatic carbocycles. The average molecular weight is 241 g/mol. The van der Waals surface area contributed by atoms with Gasteiger partial charge in [0.15, 0.2) is 0 Å². The minimum absolute atomic E-state index is 0.185. The lowest BCUT2D eigenvalue weighted by molar-refractivity contribution is 0.110. The van der Waals surface area contributed by atoms with Crippen LogP contribution in [0.4, 0.5) is 10.8 Å². The van der Waals surface area contributed by atoms with Crippen LogP contribution >= 0.6 is 11.5 Å². The summed E-state index contributed by atoms with van der Waals surface area (Å²) in [6.07, 6.45) is 1.92. The van der Waals surface area contributed by atoms with Gasteiger partial charge in [0.1, 0.15) is 10.8 Å². The van der Waals surface area contributed by atoms with Crippen LogP contribution in [0.3, 0.4) is 0 Å². The van der Waals surface area contributed by atoms with Crippen LogP contribution in [0.1, 0.15) is 25.3 Å². The van der Waals surface area contributed by atoms with Gasteiger partial charge in [-0.3, -0.25) is 0 Å². The Morgan fingerprint density at radius 1 is 1.50 bits per heavy atom. The number of anilines is 2. The molecule has 3 N–H and O–H groups in total. The molecule has 5 heteroatoms. The number of aromatic nitrogens is 1. The van der Waals surface area contributed by atoms with E-state index in [2.05, 4.69) is 9.27 Å². The molecule has 1 unspecified atom stereocenters. The quantitative estimate of drug-likeness (QED) is 0.826. The zero-order chi connectivity index (χ0) is 11.7. The van der Waals surface area contributed by atoms with Crippen molar-refractivity contribution in [3.63, 3.8) is 0 Å². The van der Waals surface area contributed by atoms with Crippen molar-refractivity contribution in [1.29, 1.82) is 0 Å². The lowest BCUT2D eigenvalue weighted by Crippen LogP contribution is -2.36. The van der Waals surface area contributed by atoms with Crippen molar-refractivity contribution in [2.75, 3.05) is 23.7 Å². The summed E-state index contributed by atoms with van der Waals surface area (Å²) < 4.78 is 4.17. The van der Waals surface area contributed by atoms with E-state index >= 15 is 0 Å². The van der Waals surface area contributed by atoms with Crippen molar-refractivity contribution < 1.29 is 5.11 Å². The molecule has 0 spiro atoms. The van der Waals surface area contributed by atoms with E-state index in [0.29, 0.717) is 11.7 Å². The summed E-state index contributed by atoms with van der Waals surface area (Å²) in [6.45, 7) is 5.90. The van der Waals surface area contributed by atoms with Crippen LogP contribution in [-0.2, 0) is 0 Å². The van der Waals surface area contributed by atoms with Crippen LogP contribution in [0.15, 0.2) is 0 Å². The highest BCUT2D eigenvalue weighted by Crippen LogP contribution is 2.33. The second kappa shape index (κ2) is 4.59. The molecule has 1 aromatic heterocycles. The molecule has 0 aliphatic carbocycles. The molecule has 1 aliphatic heterocycles. The molecule has 1 fully saturated rings. The highest BCUT2D eigenvalue weighted by atomic mass is 32.1. The molecule has 2 heterocycles. The summed E-state index contributed by atoms with van der Waals surface area (Å²) in [5.74, 6) is 1.10. The van der Waals surface area contributed by atoms with Crippen LogP contribution in [0.25, 0.3) is 0 Å². The highest BCUT2D eigenvalue weighted by Gasteiger charge is 2.24. The Labute approximate surface area is 100 Å². The van der Waals surface area contributed by atoms with E-state index in [9.17, 15) is 5.11 Å². The first-order valence-corrected chi connectivity index (χ1v) is 6.51. The molecular formula is C11H19N3OS. The lowest BCUT2D eigenvalue weighted by Gasteiger charge is -2.34. The van der Waals surface area contributed by atoms with Gasteiger partial charge in [-0.15, -0.1) is 0 Å². The van der Waals surface area contributed by atoms with E-state index in [-0.39, 0.29) is 6.10 Å². The maximum absolute atomic E-state index is 9.54. The normalized spacial score (nSPS) is 20.1. The SMILES string of the molecule is Cc1c(N)nsc1N1CCC(C(C)O)CC1. The molecule has 0 saturated carbocycles. The highest BCUT2D eigenvalue weighted by molar-refractivity contribution is 7.10. The molecular weight excluding hydrogens is 222 g/mol. The number of nitrogens with two attached hydrogens (primary N) is 1. The summed E-state index contributed by atoms with van der Waals surface area (Å²) >= 11 is 1.48. The Morgan fingerprint density at radius 3 is 2.56 bits per heavy atom. The largest absolute Gasteiger partial charge is 0.393 e. The zero-order valence-electron chi connectivity index (χ0n) is 9.81. The Hall–Kier alpha value is -0.810. The maximum Gasteiger partial charge on any atom is 0.142 e. The molecule has 4 nitrogen and oxygen atoms in total. The first-order valence-electron chi connectivity index (χ1n) is 5.74. The topological polar surface area (TPSA) is 62.4 Å². The molecule has 0 bridgehead atoms. The smallest absolute Gasteiger partial charge is 0.142 e. The third-order valence-electron chi connectivity index (χ3n) is 3.44. The zero-order valence-corrected chi connectivity index (χ0v) is 10.6. The number of aliphatic hydroxyl groups is 1. The van der Waals surface area contributed by atoms with E-state index in [4.69, 9.17) is 5.73 Å². The van der Waals surface area contributed by atoms with Gasteiger partial charge in [-0.2, -0.15) is 4.37 Å². The number of hydrogen-bond donors (Lipinski definition) is 2. The van der Waals surface area contributed by atoms with E-state index in [1.807, 2.05) is 13.8 Å². The number of nitrogens with zero attached hydrogens (tertiary/aromatic N) is 2. The average Bonchev–Trinajstić information content (AvgIpc) is 2.60. The first kappa shape index (κ1) is 11.7. The van der Waals surface area contributed by atoms with Gasteiger partial charge in [-0.05, 0) is 44.1 Å². The van der Waals surface area contributed by atoms with Gasteiger partial charge in [-0.25, -0.2) is 0 Å². The summed E-state index contributed by atoms with van der Waals surface area (Å²) in [4.78, 5) is 2.34. The van der Waals surface area contributed by atoms with E-state index in [1.54, 1.807) is 0 Å². The third kappa shape index (κ3) is 2.15. The molecule has 0 radical (unpaired) electrons. The minimum Gasteiger partial charge on any atom is -0.393 e. The maximum atomic E-state index is 9.54. The van der Waals surface area contributed by atoms with Gasteiger partial charge in [-0.1, -0.05) is 0 Å². The van der Waals surface area contributed by atoms with Crippen LogP contribution in [-0.4, -0.2) is 28.7 Å². The van der Waals surface area contributed by atoms with Gasteiger partial charge < -0.3 is 15.7 Å². The Bertz CT molecular complexity index is 356. The van der Waals surface area contributed by atoms with Crippen LogP contribution in [0.5, 0.6) is 0 Å². The Morgan fingerprint density at radius 2 is 2.12 bits per heavy atom. The molecule has 2 rings (SSSR count). The van der Waals surface area contributed by atoms with Gasteiger partial charge in [0, 0.05) is 18.7 Å². The first-order chi connectivity index (χ1) is 7.59. The van der Waals surface area contributed by atoms with E-state index in [0.717, 1.165) is 31.5 Å². The number of rotatable bonds is 2. The van der Waals surface area contributed by atoms with Crippen molar-refractivity contribution in [3.05, 3.63) is 5.56 Å². The summed E-state index contributed by atoms with van der Waals surface area (Å²) in [6, 6.07) is 0. The van der Waals surface area contributed by atoms with Gasteiger partial charge in [0.25, 0.3) is 0 Å². The molecule has 1 aromatic rings. The van der Waals surface area contributed by atoms with Gasteiger partial charge >= 0.3 is 0 Å². The summed E-state index contributed by atoms with van der Waals surface area (Å²) in [5, 5.41) is 10.7. The van der Waals surface area contributed by atoms with Crippen molar-refractivity contribution in [1.82, 2.24) is 4.37 Å². The fraction of sp³-hybridized carbons (Fsp3) is 0.727. The Kier molecular flexibility index (Phi) is 3.35. The van der Waals surface area contributed by atoms with Crippen molar-refractivity contribution in [2.45, 2.75) is 32.8 Å². The third-order valence-corrected chi connectivity index (χ3v) is 4.47. The fourth-order valence-electron chi connectivity index (χ4n) is 2.22. The van der Waals surface area contributed by atoms with Crippen LogP contribution < -0.4 is 10.6 Å². The molecule has 1 atom stereocenters. The number of aliphatic hydroxyl groups excluding tert-OH is 1. The molecule has 90 valence electrons. The second-order valence-corrected chi connectivity index (χ2v) is 5.31. The van der Waals surface area contributed by atoms with Gasteiger partial charge in [0.05, 0.1) is 6.10 Å². The number of piperidine rings is 1. The van der Waals surface area contributed by atoms with Crippen molar-refractivity contribution in [2.24, 2.45) is 5.92 Å². The van der Waals surface area contributed by atoms with E-state index < -0.39 is 0 Å². The molecule has 1 saturated heterocycles. The monoisotopic (exact) mass is 241 g/mol. The van der Waals surface area contributed by atoms with Crippen molar-refractivity contribution >= 4 is 22.4 Å². The predicted octanol–water partition coefficient (Wildman–Crippen LogP) is 1.63. The minimum atomic E-state index is -0.185. The molecule has 0 amide bonds. The summed E-state index contributed by atoms with van der Waals surface area (Å²) in [7, 11) is 0.